The van der Waals surface area contributed by atoms with Crippen molar-refractivity contribution in [3.05, 3.63) is 96.1 Å². The van der Waals surface area contributed by atoms with Crippen molar-refractivity contribution in [1.82, 2.24) is 0 Å². The maximum absolute atomic E-state index is 12.2. The number of esters is 1. The Hall–Kier alpha value is -3.37. The highest BCUT2D eigenvalue weighted by Crippen LogP contribution is 2.22. The Morgan fingerprint density at radius 3 is 2.15 bits per heavy atom. The zero-order chi connectivity index (χ0) is 24.3. The molecule has 0 fully saturated rings. The van der Waals surface area contributed by atoms with Crippen molar-refractivity contribution in [2.75, 3.05) is 13.2 Å². The number of hydrogen-bond donors (Lipinski definition) is 0. The minimum atomic E-state index is -0.606. The van der Waals surface area contributed by atoms with Crippen molar-refractivity contribution in [2.24, 2.45) is 0 Å². The Morgan fingerprint density at radius 1 is 0.882 bits per heavy atom. The van der Waals surface area contributed by atoms with Crippen LogP contribution in [0.1, 0.15) is 38.8 Å². The molecule has 3 rings (SSSR count). The van der Waals surface area contributed by atoms with Crippen LogP contribution in [0, 0.1) is 0 Å². The van der Waals surface area contributed by atoms with E-state index in [9.17, 15) is 4.79 Å². The molecule has 178 valence electrons. The number of rotatable bonds is 11. The molecule has 3 aromatic rings. The van der Waals surface area contributed by atoms with E-state index in [1.165, 1.54) is 22.3 Å². The van der Waals surface area contributed by atoms with Crippen LogP contribution in [0.4, 0.5) is 0 Å². The van der Waals surface area contributed by atoms with Crippen LogP contribution in [0.2, 0.25) is 0 Å². The number of benzene rings is 3. The monoisotopic (exact) mass is 458 g/mol. The lowest BCUT2D eigenvalue weighted by molar-refractivity contribution is -0.159. The summed E-state index contributed by atoms with van der Waals surface area (Å²) in [6, 6.07) is 26.7. The first-order chi connectivity index (χ1) is 16.5. The predicted octanol–water partition coefficient (Wildman–Crippen LogP) is 6.74. The molecule has 0 spiro atoms. The van der Waals surface area contributed by atoms with E-state index in [0.29, 0.717) is 19.6 Å². The third kappa shape index (κ3) is 7.60. The van der Waals surface area contributed by atoms with Crippen LogP contribution >= 0.6 is 0 Å². The van der Waals surface area contributed by atoms with Crippen molar-refractivity contribution >= 4 is 11.5 Å². The average Bonchev–Trinajstić information content (AvgIpc) is 2.85. The fraction of sp³-hybridized carbons (Fsp3) is 0.300. The van der Waals surface area contributed by atoms with Gasteiger partial charge < -0.3 is 14.2 Å². The molecule has 0 radical (unpaired) electrons. The van der Waals surface area contributed by atoms with Gasteiger partial charge in [0.2, 0.25) is 0 Å². The molecule has 0 saturated carbocycles. The van der Waals surface area contributed by atoms with Gasteiger partial charge in [-0.3, -0.25) is 0 Å². The summed E-state index contributed by atoms with van der Waals surface area (Å²) in [5.74, 6) is 0.457. The minimum absolute atomic E-state index is 0.0541. The Kier molecular flexibility index (Phi) is 9.48. The van der Waals surface area contributed by atoms with Crippen molar-refractivity contribution in [1.29, 1.82) is 0 Å². The first-order valence-corrected chi connectivity index (χ1v) is 11.8. The van der Waals surface area contributed by atoms with E-state index in [-0.39, 0.29) is 12.1 Å². The zero-order valence-corrected chi connectivity index (χ0v) is 20.5. The van der Waals surface area contributed by atoms with E-state index < -0.39 is 6.10 Å². The van der Waals surface area contributed by atoms with Gasteiger partial charge in [0.1, 0.15) is 12.4 Å². The highest BCUT2D eigenvalue weighted by molar-refractivity contribution is 5.75. The van der Waals surface area contributed by atoms with Crippen LogP contribution in [-0.4, -0.2) is 31.4 Å². The molecule has 0 amide bonds. The van der Waals surface area contributed by atoms with Gasteiger partial charge in [0.25, 0.3) is 0 Å². The molecule has 0 unspecified atom stereocenters. The second-order valence-corrected chi connectivity index (χ2v) is 8.42. The summed E-state index contributed by atoms with van der Waals surface area (Å²) in [4.78, 5) is 12.2. The topological polar surface area (TPSA) is 44.8 Å². The maximum Gasteiger partial charge on any atom is 0.335 e. The summed E-state index contributed by atoms with van der Waals surface area (Å²) in [6.45, 7) is 8.54. The van der Waals surface area contributed by atoms with Crippen molar-refractivity contribution in [3.63, 3.8) is 0 Å². The van der Waals surface area contributed by atoms with Crippen LogP contribution in [0.3, 0.4) is 0 Å². The molecular weight excluding hydrogens is 424 g/mol. The SMILES string of the molecule is CCOC(=O)[C@H](Cc1ccc(OCC=C(C)c2ccc(-c3ccccc3)cc2)cc1)OC(C)C. The summed E-state index contributed by atoms with van der Waals surface area (Å²) >= 11 is 0. The van der Waals surface area contributed by atoms with Gasteiger partial charge in [-0.2, -0.15) is 0 Å². The Bertz CT molecular complexity index is 1050. The van der Waals surface area contributed by atoms with E-state index in [4.69, 9.17) is 14.2 Å². The second kappa shape index (κ2) is 12.8. The van der Waals surface area contributed by atoms with E-state index in [0.717, 1.165) is 11.3 Å². The van der Waals surface area contributed by atoms with E-state index in [2.05, 4.69) is 61.5 Å². The van der Waals surface area contributed by atoms with Gasteiger partial charge in [-0.05, 0) is 73.7 Å². The standard InChI is InChI=1S/C30H34O4/c1-5-32-30(31)29(34-22(2)3)21-24-11-17-28(18-12-24)33-20-19-23(4)25-13-15-27(16-14-25)26-9-7-6-8-10-26/h6-19,22,29H,5,20-21H2,1-4H3/t29-/m0/s1. The first kappa shape index (κ1) is 25.3. The van der Waals surface area contributed by atoms with Crippen LogP contribution in [0.5, 0.6) is 5.75 Å². The van der Waals surface area contributed by atoms with Gasteiger partial charge in [-0.25, -0.2) is 4.79 Å². The summed E-state index contributed by atoms with van der Waals surface area (Å²) in [6.07, 6.45) is 1.89. The minimum Gasteiger partial charge on any atom is -0.490 e. The molecule has 4 nitrogen and oxygen atoms in total. The second-order valence-electron chi connectivity index (χ2n) is 8.42. The number of allylic oxidation sites excluding steroid dienone is 1. The predicted molar refractivity (Wildman–Crippen MR) is 138 cm³/mol. The Balaban J connectivity index is 1.54. The summed E-state index contributed by atoms with van der Waals surface area (Å²) < 4.78 is 16.8. The fourth-order valence-electron chi connectivity index (χ4n) is 3.62. The largest absolute Gasteiger partial charge is 0.490 e. The maximum atomic E-state index is 12.2. The van der Waals surface area contributed by atoms with E-state index in [1.54, 1.807) is 6.92 Å². The lowest BCUT2D eigenvalue weighted by atomic mass is 10.0. The van der Waals surface area contributed by atoms with Gasteiger partial charge in [-0.1, -0.05) is 66.7 Å². The molecule has 0 aliphatic rings. The molecule has 0 aliphatic carbocycles. The highest BCUT2D eigenvalue weighted by Gasteiger charge is 2.22. The fourth-order valence-corrected chi connectivity index (χ4v) is 3.62. The molecular formula is C30H34O4. The summed E-state index contributed by atoms with van der Waals surface area (Å²) in [5, 5.41) is 0. The van der Waals surface area contributed by atoms with Gasteiger partial charge in [-0.15, -0.1) is 0 Å². The van der Waals surface area contributed by atoms with Crippen LogP contribution in [0.15, 0.2) is 84.9 Å². The molecule has 0 bridgehead atoms. The molecule has 0 aliphatic heterocycles. The third-order valence-corrected chi connectivity index (χ3v) is 5.42. The lowest BCUT2D eigenvalue weighted by Gasteiger charge is -2.19. The van der Waals surface area contributed by atoms with Gasteiger partial charge >= 0.3 is 5.97 Å². The molecule has 0 heterocycles. The smallest absolute Gasteiger partial charge is 0.335 e. The van der Waals surface area contributed by atoms with Gasteiger partial charge in [0, 0.05) is 6.42 Å². The Labute approximate surface area is 203 Å². The zero-order valence-electron chi connectivity index (χ0n) is 20.5. The van der Waals surface area contributed by atoms with Crippen molar-refractivity contribution < 1.29 is 19.0 Å². The normalized spacial score (nSPS) is 12.4. The number of carbonyl (C=O) groups excluding carboxylic acids is 1. The van der Waals surface area contributed by atoms with Crippen LogP contribution < -0.4 is 4.74 Å². The van der Waals surface area contributed by atoms with Gasteiger partial charge in [0.15, 0.2) is 6.10 Å². The number of ether oxygens (including phenoxy) is 3. The molecule has 4 heteroatoms. The van der Waals surface area contributed by atoms with E-state index >= 15 is 0 Å². The molecule has 0 aromatic heterocycles. The molecule has 0 N–H and O–H groups in total. The number of hydrogen-bond acceptors (Lipinski definition) is 4. The quantitative estimate of drug-likeness (QED) is 0.299. The number of carbonyl (C=O) groups is 1. The summed E-state index contributed by atoms with van der Waals surface area (Å²) in [7, 11) is 0. The van der Waals surface area contributed by atoms with Crippen LogP contribution in [-0.2, 0) is 20.7 Å². The van der Waals surface area contributed by atoms with Crippen molar-refractivity contribution in [3.8, 4) is 16.9 Å². The average molecular weight is 459 g/mol. The first-order valence-electron chi connectivity index (χ1n) is 11.8. The van der Waals surface area contributed by atoms with Gasteiger partial charge in [0.05, 0.1) is 12.7 Å². The third-order valence-electron chi connectivity index (χ3n) is 5.42. The molecule has 0 saturated heterocycles. The molecule has 34 heavy (non-hydrogen) atoms. The van der Waals surface area contributed by atoms with E-state index in [1.807, 2.05) is 44.2 Å². The molecule has 1 atom stereocenters. The highest BCUT2D eigenvalue weighted by atomic mass is 16.6. The Morgan fingerprint density at radius 2 is 1.53 bits per heavy atom. The molecule has 3 aromatic carbocycles. The van der Waals surface area contributed by atoms with Crippen LogP contribution in [0.25, 0.3) is 16.7 Å². The summed E-state index contributed by atoms with van der Waals surface area (Å²) in [5.41, 5.74) is 5.76. The van der Waals surface area contributed by atoms with Crippen molar-refractivity contribution in [2.45, 2.75) is 46.3 Å². The lowest BCUT2D eigenvalue weighted by Crippen LogP contribution is -2.31.